The molecule has 3 N–H and O–H groups in total. The van der Waals surface area contributed by atoms with Gasteiger partial charge in [0.05, 0.1) is 11.0 Å². The maximum Gasteiger partial charge on any atom is 0.104 e. The molecule has 3 nitrogen and oxygen atoms in total. The van der Waals surface area contributed by atoms with Crippen molar-refractivity contribution in [3.63, 3.8) is 0 Å². The van der Waals surface area contributed by atoms with Gasteiger partial charge in [0, 0.05) is 5.69 Å². The molecule has 0 aliphatic heterocycles. The maximum absolute atomic E-state index is 5.85. The van der Waals surface area contributed by atoms with Gasteiger partial charge in [0.25, 0.3) is 0 Å². The third kappa shape index (κ3) is 1.26. The van der Waals surface area contributed by atoms with E-state index in [1.165, 1.54) is 5.56 Å². The van der Waals surface area contributed by atoms with E-state index in [9.17, 15) is 0 Å². The van der Waals surface area contributed by atoms with Gasteiger partial charge in [-0.2, -0.15) is 0 Å². The first-order valence-electron chi connectivity index (χ1n) is 4.45. The van der Waals surface area contributed by atoms with E-state index in [4.69, 9.17) is 5.73 Å². The highest BCUT2D eigenvalue weighted by atomic mass is 14.9. The van der Waals surface area contributed by atoms with Gasteiger partial charge in [-0.25, -0.2) is 4.98 Å². The van der Waals surface area contributed by atoms with Crippen LogP contribution in [0.25, 0.3) is 11.0 Å². The fraction of sp³-hybridized carbons (Fsp3) is 0.300. The molecular formula is C10H13N3. The maximum atomic E-state index is 5.85. The molecule has 0 aliphatic carbocycles. The number of fused-ring (bicyclic) bond motifs is 1. The smallest absolute Gasteiger partial charge is 0.104 e. The summed E-state index contributed by atoms with van der Waals surface area (Å²) in [7, 11) is 0. The molecule has 3 heteroatoms. The zero-order chi connectivity index (χ0) is 9.42. The largest absolute Gasteiger partial charge is 0.398 e. The van der Waals surface area contributed by atoms with Crippen LogP contribution in [0.5, 0.6) is 0 Å². The zero-order valence-corrected chi connectivity index (χ0v) is 7.89. The van der Waals surface area contributed by atoms with Gasteiger partial charge in [-0.05, 0) is 31.0 Å². The lowest BCUT2D eigenvalue weighted by atomic mass is 10.1. The van der Waals surface area contributed by atoms with E-state index in [-0.39, 0.29) is 0 Å². The average molecular weight is 175 g/mol. The molecule has 0 atom stereocenters. The number of nitrogens with two attached hydrogens (primary N) is 1. The van der Waals surface area contributed by atoms with E-state index in [0.717, 1.165) is 29.0 Å². The number of H-pyrrole nitrogens is 1. The monoisotopic (exact) mass is 175 g/mol. The summed E-state index contributed by atoms with van der Waals surface area (Å²) in [6.07, 6.45) is 0.958. The second kappa shape index (κ2) is 2.76. The van der Waals surface area contributed by atoms with Crippen LogP contribution < -0.4 is 5.73 Å². The van der Waals surface area contributed by atoms with Gasteiger partial charge in [-0.15, -0.1) is 0 Å². The highest BCUT2D eigenvalue weighted by Crippen LogP contribution is 2.20. The third-order valence-electron chi connectivity index (χ3n) is 2.24. The first-order valence-corrected chi connectivity index (χ1v) is 4.45. The molecule has 1 aromatic heterocycles. The summed E-state index contributed by atoms with van der Waals surface area (Å²) in [6, 6.07) is 4.00. The van der Waals surface area contributed by atoms with Crippen LogP contribution in [-0.4, -0.2) is 9.97 Å². The Balaban J connectivity index is 2.72. The molecule has 1 aromatic carbocycles. The van der Waals surface area contributed by atoms with Crippen LogP contribution >= 0.6 is 0 Å². The number of benzene rings is 1. The molecule has 0 amide bonds. The SMILES string of the molecule is CCc1cc2[nH]c(C)nc2cc1N. The summed E-state index contributed by atoms with van der Waals surface area (Å²) < 4.78 is 0. The molecule has 0 aliphatic rings. The van der Waals surface area contributed by atoms with Crippen LogP contribution in [-0.2, 0) is 6.42 Å². The summed E-state index contributed by atoms with van der Waals surface area (Å²) in [5, 5.41) is 0. The molecule has 0 unspecified atom stereocenters. The van der Waals surface area contributed by atoms with E-state index < -0.39 is 0 Å². The van der Waals surface area contributed by atoms with Crippen LogP contribution in [0, 0.1) is 6.92 Å². The standard InChI is InChI=1S/C10H13N3/c1-3-7-4-9-10(5-8(7)11)13-6(2)12-9/h4-5H,3,11H2,1-2H3,(H,12,13). The van der Waals surface area contributed by atoms with Gasteiger partial charge in [0.1, 0.15) is 5.82 Å². The second-order valence-corrected chi connectivity index (χ2v) is 3.24. The number of nitrogens with one attached hydrogen (secondary N) is 1. The fourth-order valence-electron chi connectivity index (χ4n) is 1.55. The number of aromatic amines is 1. The number of aromatic nitrogens is 2. The van der Waals surface area contributed by atoms with Crippen molar-refractivity contribution >= 4 is 16.7 Å². The van der Waals surface area contributed by atoms with Gasteiger partial charge in [0.15, 0.2) is 0 Å². The topological polar surface area (TPSA) is 54.7 Å². The Labute approximate surface area is 77.0 Å². The van der Waals surface area contributed by atoms with Crippen LogP contribution in [0.4, 0.5) is 5.69 Å². The minimum atomic E-state index is 0.835. The first-order chi connectivity index (χ1) is 6.20. The lowest BCUT2D eigenvalue weighted by molar-refractivity contribution is 1.15. The molecule has 0 saturated heterocycles. The molecule has 0 spiro atoms. The number of imidazole rings is 1. The molecule has 2 aromatic rings. The summed E-state index contributed by atoms with van der Waals surface area (Å²) in [6.45, 7) is 4.04. The Kier molecular flexibility index (Phi) is 1.72. The van der Waals surface area contributed by atoms with Gasteiger partial charge in [0.2, 0.25) is 0 Å². The summed E-state index contributed by atoms with van der Waals surface area (Å²) in [5.41, 5.74) is 9.89. The highest BCUT2D eigenvalue weighted by molar-refractivity contribution is 5.80. The van der Waals surface area contributed by atoms with Gasteiger partial charge < -0.3 is 10.7 Å². The lowest BCUT2D eigenvalue weighted by Crippen LogP contribution is -1.92. The van der Waals surface area contributed by atoms with E-state index in [0.29, 0.717) is 0 Å². The molecule has 13 heavy (non-hydrogen) atoms. The number of nitrogens with zero attached hydrogens (tertiary/aromatic N) is 1. The Morgan fingerprint density at radius 2 is 2.23 bits per heavy atom. The van der Waals surface area contributed by atoms with Crippen LogP contribution in [0.15, 0.2) is 12.1 Å². The molecule has 0 bridgehead atoms. The zero-order valence-electron chi connectivity index (χ0n) is 7.89. The highest BCUT2D eigenvalue weighted by Gasteiger charge is 2.03. The van der Waals surface area contributed by atoms with Gasteiger partial charge in [-0.3, -0.25) is 0 Å². The third-order valence-corrected chi connectivity index (χ3v) is 2.24. The molecule has 1 heterocycles. The van der Waals surface area contributed by atoms with Crippen LogP contribution in [0.2, 0.25) is 0 Å². The van der Waals surface area contributed by atoms with Crippen molar-refractivity contribution in [1.82, 2.24) is 9.97 Å². The molecule has 2 rings (SSSR count). The van der Waals surface area contributed by atoms with Crippen LogP contribution in [0.3, 0.4) is 0 Å². The Bertz CT molecular complexity index is 443. The van der Waals surface area contributed by atoms with Gasteiger partial charge in [-0.1, -0.05) is 6.92 Å². The van der Waals surface area contributed by atoms with E-state index in [1.807, 2.05) is 13.0 Å². The summed E-state index contributed by atoms with van der Waals surface area (Å²) >= 11 is 0. The number of anilines is 1. The number of hydrogen-bond acceptors (Lipinski definition) is 2. The average Bonchev–Trinajstić information content (AvgIpc) is 2.42. The fourth-order valence-corrected chi connectivity index (χ4v) is 1.55. The van der Waals surface area contributed by atoms with Crippen molar-refractivity contribution < 1.29 is 0 Å². The molecule has 0 saturated carbocycles. The Morgan fingerprint density at radius 1 is 1.46 bits per heavy atom. The Morgan fingerprint density at radius 3 is 2.92 bits per heavy atom. The normalized spacial score (nSPS) is 10.9. The Hall–Kier alpha value is -1.51. The van der Waals surface area contributed by atoms with Crippen molar-refractivity contribution in [2.45, 2.75) is 20.3 Å². The molecular weight excluding hydrogens is 162 g/mol. The minimum absolute atomic E-state index is 0.835. The number of aryl methyl sites for hydroxylation is 2. The van der Waals surface area contributed by atoms with Crippen LogP contribution in [0.1, 0.15) is 18.3 Å². The molecule has 68 valence electrons. The van der Waals surface area contributed by atoms with Gasteiger partial charge >= 0.3 is 0 Å². The van der Waals surface area contributed by atoms with Crippen molar-refractivity contribution in [1.29, 1.82) is 0 Å². The van der Waals surface area contributed by atoms with E-state index in [2.05, 4.69) is 23.0 Å². The minimum Gasteiger partial charge on any atom is -0.398 e. The number of nitrogen functional groups attached to an aromatic ring is 1. The summed E-state index contributed by atoms with van der Waals surface area (Å²) in [5.74, 6) is 0.933. The van der Waals surface area contributed by atoms with Crippen molar-refractivity contribution in [2.24, 2.45) is 0 Å². The predicted molar refractivity (Wildman–Crippen MR) is 54.6 cm³/mol. The quantitative estimate of drug-likeness (QED) is 0.651. The van der Waals surface area contributed by atoms with E-state index >= 15 is 0 Å². The van der Waals surface area contributed by atoms with Crippen molar-refractivity contribution in [3.8, 4) is 0 Å². The lowest BCUT2D eigenvalue weighted by Gasteiger charge is -2.01. The second-order valence-electron chi connectivity index (χ2n) is 3.24. The van der Waals surface area contributed by atoms with Crippen molar-refractivity contribution in [2.75, 3.05) is 5.73 Å². The van der Waals surface area contributed by atoms with E-state index in [1.54, 1.807) is 0 Å². The first kappa shape index (κ1) is 8.10. The van der Waals surface area contributed by atoms with Crippen molar-refractivity contribution in [3.05, 3.63) is 23.5 Å². The number of hydrogen-bond donors (Lipinski definition) is 2. The number of rotatable bonds is 1. The molecule has 0 fully saturated rings. The summed E-state index contributed by atoms with van der Waals surface area (Å²) in [4.78, 5) is 7.51. The predicted octanol–water partition coefficient (Wildman–Crippen LogP) is 2.02. The molecule has 0 radical (unpaired) electrons.